The summed E-state index contributed by atoms with van der Waals surface area (Å²) < 4.78 is 1.28. The zero-order valence-corrected chi connectivity index (χ0v) is 16.9. The minimum Gasteiger partial charge on any atom is -0.208 e. The van der Waals surface area contributed by atoms with Crippen molar-refractivity contribution in [1.29, 1.82) is 0 Å². The van der Waals surface area contributed by atoms with Gasteiger partial charge in [0.2, 0.25) is 0 Å². The summed E-state index contributed by atoms with van der Waals surface area (Å²) in [7, 11) is 0. The van der Waals surface area contributed by atoms with Crippen LogP contribution in [0.5, 0.6) is 0 Å². The van der Waals surface area contributed by atoms with E-state index >= 15 is 0 Å². The van der Waals surface area contributed by atoms with Gasteiger partial charge in [-0.3, -0.25) is 0 Å². The number of benzene rings is 3. The maximum Gasteiger partial charge on any atom is 0.164 e. The Balaban J connectivity index is 1.62. The summed E-state index contributed by atoms with van der Waals surface area (Å²) in [4.78, 5) is 16.0. The lowest BCUT2D eigenvalue weighted by Crippen LogP contribution is -2.00. The summed E-state index contributed by atoms with van der Waals surface area (Å²) in [6.07, 6.45) is 5.42. The molecule has 2 heterocycles. The molecule has 30 heavy (non-hydrogen) atoms. The van der Waals surface area contributed by atoms with Crippen molar-refractivity contribution in [3.05, 3.63) is 95.4 Å². The third-order valence-corrected chi connectivity index (χ3v) is 6.54. The van der Waals surface area contributed by atoms with Gasteiger partial charge in [0.05, 0.1) is 0 Å². The molecule has 0 radical (unpaired) electrons. The Kier molecular flexibility index (Phi) is 4.03. The standard InChI is InChI=1S/C26H17N3S/c1-3-9-17(10-4-1)24-27-25(18-11-5-2-6-12-18)29-26(28-24)20-14-8-16-22-23(20)19-13-7-15-21(19)30-22/h1-12,14-16H,13H2. The highest BCUT2D eigenvalue weighted by molar-refractivity contribution is 7.20. The molecule has 142 valence electrons. The first-order valence-corrected chi connectivity index (χ1v) is 10.8. The smallest absolute Gasteiger partial charge is 0.164 e. The van der Waals surface area contributed by atoms with Crippen LogP contribution in [0.25, 0.3) is 50.3 Å². The molecule has 6 rings (SSSR count). The monoisotopic (exact) mass is 403 g/mol. The first kappa shape index (κ1) is 17.2. The average molecular weight is 404 g/mol. The molecule has 5 aromatic rings. The lowest BCUT2D eigenvalue weighted by molar-refractivity contribution is 1.08. The SMILES string of the molecule is C1=Cc2sc3cccc(-c4nc(-c5ccccc5)nc(-c5ccccc5)n4)c3c2C1. The first-order valence-electron chi connectivity index (χ1n) is 9.95. The topological polar surface area (TPSA) is 38.7 Å². The molecule has 0 aliphatic heterocycles. The van der Waals surface area contributed by atoms with Gasteiger partial charge in [0.1, 0.15) is 0 Å². The maximum absolute atomic E-state index is 4.92. The van der Waals surface area contributed by atoms with Crippen molar-refractivity contribution >= 4 is 27.5 Å². The number of nitrogens with zero attached hydrogens (tertiary/aromatic N) is 3. The molecule has 3 aromatic carbocycles. The quantitative estimate of drug-likeness (QED) is 0.338. The highest BCUT2D eigenvalue weighted by atomic mass is 32.1. The molecule has 0 N–H and O–H groups in total. The minimum atomic E-state index is 0.696. The van der Waals surface area contributed by atoms with Crippen LogP contribution < -0.4 is 0 Å². The highest BCUT2D eigenvalue weighted by Gasteiger charge is 2.19. The summed E-state index contributed by atoms with van der Waals surface area (Å²) in [6.45, 7) is 0. The fraction of sp³-hybridized carbons (Fsp3) is 0.0385. The van der Waals surface area contributed by atoms with Crippen LogP contribution in [0.4, 0.5) is 0 Å². The summed E-state index contributed by atoms with van der Waals surface area (Å²) in [5, 5.41) is 1.27. The molecule has 2 aromatic heterocycles. The first-order chi connectivity index (χ1) is 14.9. The van der Waals surface area contributed by atoms with Gasteiger partial charge in [0.25, 0.3) is 0 Å². The number of aromatic nitrogens is 3. The molecule has 0 atom stereocenters. The van der Waals surface area contributed by atoms with Gasteiger partial charge in [0, 0.05) is 31.7 Å². The Morgan fingerprint density at radius 3 is 1.93 bits per heavy atom. The van der Waals surface area contributed by atoms with E-state index in [1.165, 1.54) is 20.5 Å². The van der Waals surface area contributed by atoms with E-state index in [2.05, 4.69) is 30.4 Å². The van der Waals surface area contributed by atoms with Crippen molar-refractivity contribution in [3.8, 4) is 34.2 Å². The molecule has 1 aliphatic carbocycles. The van der Waals surface area contributed by atoms with Crippen LogP contribution in [0.3, 0.4) is 0 Å². The van der Waals surface area contributed by atoms with Crippen molar-refractivity contribution in [2.24, 2.45) is 0 Å². The Labute approximate surface area is 178 Å². The molecule has 0 amide bonds. The second-order valence-corrected chi connectivity index (χ2v) is 8.35. The Morgan fingerprint density at radius 2 is 1.27 bits per heavy atom. The lowest BCUT2D eigenvalue weighted by atomic mass is 10.0. The third kappa shape index (κ3) is 2.85. The molecule has 0 unspecified atom stereocenters. The van der Waals surface area contributed by atoms with Gasteiger partial charge in [-0.2, -0.15) is 0 Å². The second kappa shape index (κ2) is 7.01. The van der Waals surface area contributed by atoms with Gasteiger partial charge < -0.3 is 0 Å². The molecule has 0 saturated heterocycles. The second-order valence-electron chi connectivity index (χ2n) is 7.27. The van der Waals surface area contributed by atoms with Gasteiger partial charge in [-0.05, 0) is 24.1 Å². The molecular formula is C26H17N3S. The predicted molar refractivity (Wildman–Crippen MR) is 124 cm³/mol. The Bertz CT molecular complexity index is 1350. The Morgan fingerprint density at radius 1 is 0.633 bits per heavy atom. The number of allylic oxidation sites excluding steroid dienone is 1. The number of rotatable bonds is 3. The van der Waals surface area contributed by atoms with Gasteiger partial charge in [-0.25, -0.2) is 15.0 Å². The van der Waals surface area contributed by atoms with Crippen molar-refractivity contribution < 1.29 is 0 Å². The highest BCUT2D eigenvalue weighted by Crippen LogP contribution is 2.41. The number of hydrogen-bond acceptors (Lipinski definition) is 4. The van der Waals surface area contributed by atoms with Gasteiger partial charge in [-0.1, -0.05) is 78.9 Å². The van der Waals surface area contributed by atoms with Crippen molar-refractivity contribution in [2.75, 3.05) is 0 Å². The van der Waals surface area contributed by atoms with E-state index in [0.717, 1.165) is 28.9 Å². The zero-order valence-electron chi connectivity index (χ0n) is 16.1. The van der Waals surface area contributed by atoms with Crippen molar-refractivity contribution in [2.45, 2.75) is 6.42 Å². The molecule has 0 saturated carbocycles. The van der Waals surface area contributed by atoms with Crippen LogP contribution in [-0.2, 0) is 6.42 Å². The molecule has 0 bridgehead atoms. The summed E-state index contributed by atoms with van der Waals surface area (Å²) in [6, 6.07) is 26.7. The summed E-state index contributed by atoms with van der Waals surface area (Å²) in [5.41, 5.74) is 4.43. The summed E-state index contributed by atoms with van der Waals surface area (Å²) in [5.74, 6) is 2.11. The van der Waals surface area contributed by atoms with E-state index in [1.54, 1.807) is 0 Å². The fourth-order valence-corrected chi connectivity index (χ4v) is 5.16. The van der Waals surface area contributed by atoms with E-state index in [1.807, 2.05) is 72.0 Å². The summed E-state index contributed by atoms with van der Waals surface area (Å²) >= 11 is 1.84. The van der Waals surface area contributed by atoms with E-state index < -0.39 is 0 Å². The van der Waals surface area contributed by atoms with Gasteiger partial charge in [0.15, 0.2) is 17.5 Å². The van der Waals surface area contributed by atoms with Gasteiger partial charge in [-0.15, -0.1) is 11.3 Å². The van der Waals surface area contributed by atoms with Crippen LogP contribution >= 0.6 is 11.3 Å². The van der Waals surface area contributed by atoms with E-state index in [0.29, 0.717) is 11.6 Å². The lowest BCUT2D eigenvalue weighted by Gasteiger charge is -2.10. The van der Waals surface area contributed by atoms with Gasteiger partial charge >= 0.3 is 0 Å². The fourth-order valence-electron chi connectivity index (χ4n) is 3.97. The molecule has 0 fully saturated rings. The normalized spacial score (nSPS) is 12.4. The van der Waals surface area contributed by atoms with Crippen LogP contribution in [0.15, 0.2) is 84.9 Å². The molecule has 3 nitrogen and oxygen atoms in total. The Hall–Kier alpha value is -3.63. The average Bonchev–Trinajstić information content (AvgIpc) is 3.41. The molecule has 1 aliphatic rings. The predicted octanol–water partition coefficient (Wildman–Crippen LogP) is 6.66. The van der Waals surface area contributed by atoms with Crippen molar-refractivity contribution in [1.82, 2.24) is 15.0 Å². The zero-order chi connectivity index (χ0) is 19.9. The maximum atomic E-state index is 4.92. The number of thiophene rings is 1. The van der Waals surface area contributed by atoms with Crippen LogP contribution in [0.2, 0.25) is 0 Å². The largest absolute Gasteiger partial charge is 0.208 e. The van der Waals surface area contributed by atoms with E-state index in [-0.39, 0.29) is 0 Å². The van der Waals surface area contributed by atoms with E-state index in [4.69, 9.17) is 15.0 Å². The van der Waals surface area contributed by atoms with Crippen molar-refractivity contribution in [3.63, 3.8) is 0 Å². The van der Waals surface area contributed by atoms with E-state index in [9.17, 15) is 0 Å². The van der Waals surface area contributed by atoms with Crippen LogP contribution in [0.1, 0.15) is 10.4 Å². The van der Waals surface area contributed by atoms with Crippen LogP contribution in [-0.4, -0.2) is 15.0 Å². The minimum absolute atomic E-state index is 0.696. The number of hydrogen-bond donors (Lipinski definition) is 0. The third-order valence-electron chi connectivity index (χ3n) is 5.38. The molecule has 0 spiro atoms. The molecular weight excluding hydrogens is 386 g/mol. The van der Waals surface area contributed by atoms with Crippen LogP contribution in [0, 0.1) is 0 Å². The molecule has 4 heteroatoms. The number of fused-ring (bicyclic) bond motifs is 3.